The predicted molar refractivity (Wildman–Crippen MR) is 130 cm³/mol. The van der Waals surface area contributed by atoms with Crippen LogP contribution in [-0.4, -0.2) is 46.2 Å². The summed E-state index contributed by atoms with van der Waals surface area (Å²) in [7, 11) is 0. The molecule has 3 N–H and O–H groups in total. The zero-order chi connectivity index (χ0) is 25.6. The van der Waals surface area contributed by atoms with Crippen LogP contribution in [-0.2, 0) is 19.1 Å². The lowest BCUT2D eigenvalue weighted by Crippen LogP contribution is -2.45. The molecule has 0 bridgehead atoms. The molecule has 190 valence electrons. The molecule has 0 aliphatic carbocycles. The van der Waals surface area contributed by atoms with Gasteiger partial charge in [0.05, 0.1) is 24.0 Å². The SMILES string of the molecule is C/C1=C/C[C@@H](/C(C)=C/C2=CCC(=O)N2)OC(=O)C[C@H](O)C(C)(C)C(=O)[C@H](C)[C@@H](O)[C@@H](C)CCC1. The topological polar surface area (TPSA) is 113 Å². The highest BCUT2D eigenvalue weighted by molar-refractivity contribution is 5.88. The summed E-state index contributed by atoms with van der Waals surface area (Å²) in [4.78, 5) is 37.4. The number of aliphatic hydroxyl groups excluding tert-OH is 2. The first-order valence-electron chi connectivity index (χ1n) is 12.3. The highest BCUT2D eigenvalue weighted by Gasteiger charge is 2.42. The monoisotopic (exact) mass is 475 g/mol. The maximum atomic E-state index is 13.1. The predicted octanol–water partition coefficient (Wildman–Crippen LogP) is 3.75. The number of cyclic esters (lactones) is 1. The molecule has 0 aromatic heterocycles. The minimum Gasteiger partial charge on any atom is -0.457 e. The molecule has 7 nitrogen and oxygen atoms in total. The van der Waals surface area contributed by atoms with Gasteiger partial charge in [-0.15, -0.1) is 0 Å². The van der Waals surface area contributed by atoms with Crippen LogP contribution in [0.1, 0.15) is 80.1 Å². The molecule has 2 rings (SSSR count). The maximum absolute atomic E-state index is 13.1. The van der Waals surface area contributed by atoms with Crippen LogP contribution >= 0.6 is 0 Å². The number of allylic oxidation sites excluding steroid dienone is 2. The smallest absolute Gasteiger partial charge is 0.309 e. The van der Waals surface area contributed by atoms with Crippen molar-refractivity contribution in [2.75, 3.05) is 0 Å². The van der Waals surface area contributed by atoms with E-state index in [9.17, 15) is 24.6 Å². The second-order valence-corrected chi connectivity index (χ2v) is 10.5. The normalized spacial score (nSPS) is 34.1. The Morgan fingerprint density at radius 1 is 1.18 bits per heavy atom. The number of hydrogen-bond acceptors (Lipinski definition) is 6. The quantitative estimate of drug-likeness (QED) is 0.414. The second kappa shape index (κ2) is 11.9. The van der Waals surface area contributed by atoms with Crippen molar-refractivity contribution in [2.45, 2.75) is 98.4 Å². The molecule has 0 aromatic rings. The van der Waals surface area contributed by atoms with Crippen LogP contribution in [0.3, 0.4) is 0 Å². The van der Waals surface area contributed by atoms with E-state index in [1.165, 1.54) is 0 Å². The van der Waals surface area contributed by atoms with Gasteiger partial charge in [0.15, 0.2) is 0 Å². The zero-order valence-corrected chi connectivity index (χ0v) is 21.4. The molecule has 0 radical (unpaired) electrons. The van der Waals surface area contributed by atoms with E-state index < -0.39 is 35.6 Å². The third-order valence-corrected chi connectivity index (χ3v) is 7.20. The van der Waals surface area contributed by atoms with Crippen LogP contribution in [0.25, 0.3) is 0 Å². The lowest BCUT2D eigenvalue weighted by Gasteiger charge is -2.34. The van der Waals surface area contributed by atoms with Gasteiger partial charge >= 0.3 is 5.97 Å². The van der Waals surface area contributed by atoms with Gasteiger partial charge < -0.3 is 20.3 Å². The third kappa shape index (κ3) is 7.37. The van der Waals surface area contributed by atoms with Gasteiger partial charge in [0.25, 0.3) is 0 Å². The number of aliphatic hydroxyl groups is 2. The Morgan fingerprint density at radius 2 is 1.85 bits per heavy atom. The number of rotatable bonds is 2. The average Bonchev–Trinajstić information content (AvgIpc) is 3.18. The van der Waals surface area contributed by atoms with Crippen molar-refractivity contribution in [1.29, 1.82) is 0 Å². The van der Waals surface area contributed by atoms with Crippen LogP contribution in [0.2, 0.25) is 0 Å². The Labute approximate surface area is 203 Å². The molecule has 2 aliphatic heterocycles. The van der Waals surface area contributed by atoms with Crippen LogP contribution in [0, 0.1) is 17.3 Å². The number of ketones is 1. The number of ether oxygens (including phenoxy) is 1. The fraction of sp³-hybridized carbons (Fsp3) is 0.667. The van der Waals surface area contributed by atoms with Crippen LogP contribution < -0.4 is 5.32 Å². The maximum Gasteiger partial charge on any atom is 0.309 e. The van der Waals surface area contributed by atoms with E-state index in [0.29, 0.717) is 18.5 Å². The summed E-state index contributed by atoms with van der Waals surface area (Å²) in [6.07, 6.45) is 5.97. The molecular weight excluding hydrogens is 434 g/mol. The van der Waals surface area contributed by atoms with Crippen molar-refractivity contribution in [3.05, 3.63) is 35.1 Å². The molecule has 0 fully saturated rings. The first kappa shape index (κ1) is 28.0. The van der Waals surface area contributed by atoms with Gasteiger partial charge in [0.2, 0.25) is 5.91 Å². The van der Waals surface area contributed by atoms with Crippen LogP contribution in [0.4, 0.5) is 0 Å². The van der Waals surface area contributed by atoms with Gasteiger partial charge in [0, 0.05) is 24.5 Å². The van der Waals surface area contributed by atoms with Gasteiger partial charge in [-0.25, -0.2) is 0 Å². The van der Waals surface area contributed by atoms with Gasteiger partial charge in [-0.2, -0.15) is 0 Å². The summed E-state index contributed by atoms with van der Waals surface area (Å²) < 4.78 is 5.75. The van der Waals surface area contributed by atoms with Crippen molar-refractivity contribution >= 4 is 17.7 Å². The van der Waals surface area contributed by atoms with Crippen LogP contribution in [0.15, 0.2) is 35.1 Å². The summed E-state index contributed by atoms with van der Waals surface area (Å²) in [6, 6.07) is 0. The molecular formula is C27H41NO6. The number of esters is 1. The van der Waals surface area contributed by atoms with Gasteiger partial charge in [0.1, 0.15) is 11.9 Å². The molecule has 1 amide bonds. The Bertz CT molecular complexity index is 868. The van der Waals surface area contributed by atoms with E-state index in [0.717, 1.165) is 30.4 Å². The number of nitrogens with one attached hydrogen (secondary N) is 1. The van der Waals surface area contributed by atoms with E-state index in [1.54, 1.807) is 32.9 Å². The summed E-state index contributed by atoms with van der Waals surface area (Å²) in [5.41, 5.74) is 1.40. The minimum absolute atomic E-state index is 0.0645. The van der Waals surface area contributed by atoms with Crippen molar-refractivity contribution in [3.63, 3.8) is 0 Å². The summed E-state index contributed by atoms with van der Waals surface area (Å²) in [5.74, 6) is -1.67. The van der Waals surface area contributed by atoms with Gasteiger partial charge in [-0.05, 0) is 50.7 Å². The van der Waals surface area contributed by atoms with E-state index in [4.69, 9.17) is 4.74 Å². The third-order valence-electron chi connectivity index (χ3n) is 7.20. The standard InChI is InChI=1S/C27H41NO6/c1-16-8-7-9-17(2)25(32)19(4)26(33)27(5,6)22(29)15-24(31)34-21(12-10-16)18(3)14-20-11-13-23(30)28-20/h10-11,14,17,19,21-22,25,29,32H,7-9,12-13,15H2,1-6H3,(H,28,30)/b16-10-,18-14+/t17-,19+,21-,22-,25-/m0/s1. The fourth-order valence-electron chi connectivity index (χ4n) is 4.53. The lowest BCUT2D eigenvalue weighted by atomic mass is 9.73. The molecule has 7 heteroatoms. The average molecular weight is 476 g/mol. The van der Waals surface area contributed by atoms with E-state index >= 15 is 0 Å². The largest absolute Gasteiger partial charge is 0.457 e. The zero-order valence-electron chi connectivity index (χ0n) is 21.4. The molecule has 0 saturated heterocycles. The van der Waals surface area contributed by atoms with E-state index in [1.807, 2.05) is 20.8 Å². The molecule has 34 heavy (non-hydrogen) atoms. The fourth-order valence-corrected chi connectivity index (χ4v) is 4.53. The summed E-state index contributed by atoms with van der Waals surface area (Å²) in [5, 5.41) is 24.3. The second-order valence-electron chi connectivity index (χ2n) is 10.5. The van der Waals surface area contributed by atoms with Crippen LogP contribution in [0.5, 0.6) is 0 Å². The highest BCUT2D eigenvalue weighted by atomic mass is 16.5. The molecule has 5 atom stereocenters. The molecule has 0 unspecified atom stereocenters. The van der Waals surface area contributed by atoms with E-state index in [2.05, 4.69) is 11.4 Å². The molecule has 0 saturated carbocycles. The van der Waals surface area contributed by atoms with Gasteiger partial charge in [-0.3, -0.25) is 14.4 Å². The van der Waals surface area contributed by atoms with Crippen molar-refractivity contribution < 1.29 is 29.3 Å². The summed E-state index contributed by atoms with van der Waals surface area (Å²) in [6.45, 7) is 10.7. The Kier molecular flexibility index (Phi) is 9.83. The number of Topliss-reactive ketones (excluding diaryl/α,β-unsaturated/α-hetero) is 1. The number of carbonyl (C=O) groups is 3. The lowest BCUT2D eigenvalue weighted by molar-refractivity contribution is -0.154. The highest BCUT2D eigenvalue weighted by Crippen LogP contribution is 2.32. The molecule has 2 heterocycles. The Hall–Kier alpha value is -2.25. The number of hydrogen-bond donors (Lipinski definition) is 3. The Balaban J connectivity index is 2.30. The first-order valence-corrected chi connectivity index (χ1v) is 12.3. The summed E-state index contributed by atoms with van der Waals surface area (Å²) >= 11 is 0. The first-order chi connectivity index (χ1) is 15.8. The Morgan fingerprint density at radius 3 is 2.47 bits per heavy atom. The van der Waals surface area contributed by atoms with E-state index in [-0.39, 0.29) is 24.0 Å². The van der Waals surface area contributed by atoms with Crippen molar-refractivity contribution in [2.24, 2.45) is 17.3 Å². The molecule has 2 aliphatic rings. The number of amides is 1. The van der Waals surface area contributed by atoms with Crippen molar-refractivity contribution in [3.8, 4) is 0 Å². The minimum atomic E-state index is -1.25. The van der Waals surface area contributed by atoms with Crippen molar-refractivity contribution in [1.82, 2.24) is 5.32 Å². The number of carbonyl (C=O) groups excluding carboxylic acids is 3. The molecule has 0 spiro atoms. The van der Waals surface area contributed by atoms with Gasteiger partial charge in [-0.1, -0.05) is 45.4 Å². The molecule has 0 aromatic carbocycles.